The predicted molar refractivity (Wildman–Crippen MR) is 69.4 cm³/mol. The van der Waals surface area contributed by atoms with Crippen LogP contribution in [0.4, 0.5) is 0 Å². The number of methoxy groups -OCH3 is 2. The van der Waals surface area contributed by atoms with Crippen LogP contribution in [0.5, 0.6) is 0 Å². The Morgan fingerprint density at radius 3 is 1.94 bits per heavy atom. The number of rotatable bonds is 10. The second-order valence-electron chi connectivity index (χ2n) is 4.28. The summed E-state index contributed by atoms with van der Waals surface area (Å²) in [5.74, 6) is 0. The Bertz CT molecular complexity index is 185. The first kappa shape index (κ1) is 15.4. The smallest absolute Gasteiger partial charge is 0.156 e. The Morgan fingerprint density at radius 2 is 1.62 bits per heavy atom. The van der Waals surface area contributed by atoms with E-state index in [1.165, 1.54) is 0 Å². The summed E-state index contributed by atoms with van der Waals surface area (Å²) in [4.78, 5) is 0. The molecule has 0 bridgehead atoms. The van der Waals surface area contributed by atoms with Gasteiger partial charge in [0.25, 0.3) is 0 Å². The molecular formula is C14H26O2. The molecule has 0 rings (SSSR count). The number of ether oxygens (including phenoxy) is 2. The summed E-state index contributed by atoms with van der Waals surface area (Å²) < 4.78 is 10.4. The average molecular weight is 226 g/mol. The van der Waals surface area contributed by atoms with Gasteiger partial charge in [-0.1, -0.05) is 19.1 Å². The fraction of sp³-hybridized carbons (Fsp3) is 0.714. The lowest BCUT2D eigenvalue weighted by Crippen LogP contribution is -2.23. The van der Waals surface area contributed by atoms with Gasteiger partial charge in [0.1, 0.15) is 0 Å². The van der Waals surface area contributed by atoms with Gasteiger partial charge in [0.05, 0.1) is 0 Å². The van der Waals surface area contributed by atoms with Gasteiger partial charge in [0.2, 0.25) is 0 Å². The van der Waals surface area contributed by atoms with Gasteiger partial charge in [-0.25, -0.2) is 0 Å². The SMILES string of the molecule is C=CCC(CC)(CC=C)CCC(OC)OC. The van der Waals surface area contributed by atoms with E-state index in [9.17, 15) is 0 Å². The first-order chi connectivity index (χ1) is 7.67. The molecule has 94 valence electrons. The van der Waals surface area contributed by atoms with E-state index in [0.29, 0.717) is 0 Å². The predicted octanol–water partition coefficient (Wildman–Crippen LogP) is 3.93. The maximum atomic E-state index is 5.22. The van der Waals surface area contributed by atoms with Gasteiger partial charge in [-0.3, -0.25) is 0 Å². The van der Waals surface area contributed by atoms with Crippen molar-refractivity contribution in [1.29, 1.82) is 0 Å². The highest BCUT2D eigenvalue weighted by Gasteiger charge is 2.26. The quantitative estimate of drug-likeness (QED) is 0.415. The monoisotopic (exact) mass is 226 g/mol. The van der Waals surface area contributed by atoms with Crippen LogP contribution in [0.25, 0.3) is 0 Å². The normalized spacial score (nSPS) is 11.8. The topological polar surface area (TPSA) is 18.5 Å². The van der Waals surface area contributed by atoms with Crippen molar-refractivity contribution < 1.29 is 9.47 Å². The minimum Gasteiger partial charge on any atom is -0.356 e. The highest BCUT2D eigenvalue weighted by atomic mass is 16.7. The minimum absolute atomic E-state index is 0.0967. The molecule has 0 saturated heterocycles. The molecule has 16 heavy (non-hydrogen) atoms. The number of hydrogen-bond donors (Lipinski definition) is 0. The minimum atomic E-state index is -0.0967. The van der Waals surface area contributed by atoms with Crippen molar-refractivity contribution in [2.24, 2.45) is 5.41 Å². The Labute approximate surface area is 100 Å². The molecule has 2 nitrogen and oxygen atoms in total. The fourth-order valence-electron chi connectivity index (χ4n) is 2.12. The molecule has 0 N–H and O–H groups in total. The molecule has 0 aliphatic heterocycles. The Balaban J connectivity index is 4.38. The van der Waals surface area contributed by atoms with Crippen LogP contribution in [0.15, 0.2) is 25.3 Å². The van der Waals surface area contributed by atoms with E-state index in [-0.39, 0.29) is 11.7 Å². The van der Waals surface area contributed by atoms with Gasteiger partial charge < -0.3 is 9.47 Å². The van der Waals surface area contributed by atoms with Crippen LogP contribution in [0.2, 0.25) is 0 Å². The van der Waals surface area contributed by atoms with Gasteiger partial charge in [-0.2, -0.15) is 0 Å². The summed E-state index contributed by atoms with van der Waals surface area (Å²) in [5.41, 5.74) is 0.277. The molecule has 0 fully saturated rings. The lowest BCUT2D eigenvalue weighted by Gasteiger charge is -2.32. The first-order valence-corrected chi connectivity index (χ1v) is 5.95. The van der Waals surface area contributed by atoms with Crippen molar-refractivity contribution >= 4 is 0 Å². The van der Waals surface area contributed by atoms with Crippen LogP contribution in [-0.4, -0.2) is 20.5 Å². The van der Waals surface area contributed by atoms with Crippen molar-refractivity contribution in [3.8, 4) is 0 Å². The van der Waals surface area contributed by atoms with Crippen LogP contribution in [0.3, 0.4) is 0 Å². The van der Waals surface area contributed by atoms with E-state index >= 15 is 0 Å². The molecule has 0 aliphatic carbocycles. The first-order valence-electron chi connectivity index (χ1n) is 5.95. The van der Waals surface area contributed by atoms with Crippen molar-refractivity contribution in [3.05, 3.63) is 25.3 Å². The molecule has 0 aromatic rings. The summed E-state index contributed by atoms with van der Waals surface area (Å²) in [7, 11) is 3.37. The average Bonchev–Trinajstić information content (AvgIpc) is 2.30. The second kappa shape index (κ2) is 8.54. The molecular weight excluding hydrogens is 200 g/mol. The summed E-state index contributed by atoms with van der Waals surface area (Å²) >= 11 is 0. The third-order valence-corrected chi connectivity index (χ3v) is 3.34. The number of allylic oxidation sites excluding steroid dienone is 2. The molecule has 0 radical (unpaired) electrons. The van der Waals surface area contributed by atoms with Crippen LogP contribution in [-0.2, 0) is 9.47 Å². The molecule has 0 aromatic carbocycles. The van der Waals surface area contributed by atoms with Crippen LogP contribution >= 0.6 is 0 Å². The molecule has 0 aliphatic rings. The molecule has 0 amide bonds. The van der Waals surface area contributed by atoms with Crippen LogP contribution in [0.1, 0.15) is 39.0 Å². The molecule has 0 unspecified atom stereocenters. The molecule has 0 aromatic heterocycles. The maximum Gasteiger partial charge on any atom is 0.156 e. The standard InChI is InChI=1S/C14H26O2/c1-6-10-14(8-3,11-7-2)12-9-13(15-4)16-5/h6-7,13H,1-2,8-12H2,3-5H3. The van der Waals surface area contributed by atoms with E-state index in [1.54, 1.807) is 14.2 Å². The molecule has 2 heteroatoms. The van der Waals surface area contributed by atoms with Gasteiger partial charge in [-0.05, 0) is 37.5 Å². The van der Waals surface area contributed by atoms with Gasteiger partial charge in [-0.15, -0.1) is 13.2 Å². The van der Waals surface area contributed by atoms with Crippen molar-refractivity contribution in [2.45, 2.75) is 45.3 Å². The maximum absolute atomic E-state index is 5.22. The summed E-state index contributed by atoms with van der Waals surface area (Å²) in [6.07, 6.45) is 9.08. The fourth-order valence-corrected chi connectivity index (χ4v) is 2.12. The van der Waals surface area contributed by atoms with E-state index in [1.807, 2.05) is 12.2 Å². The highest BCUT2D eigenvalue weighted by molar-refractivity contribution is 4.90. The third-order valence-electron chi connectivity index (χ3n) is 3.34. The summed E-state index contributed by atoms with van der Waals surface area (Å²) in [5, 5.41) is 0. The molecule has 0 heterocycles. The summed E-state index contributed by atoms with van der Waals surface area (Å²) in [6.45, 7) is 9.92. The molecule has 0 saturated carbocycles. The highest BCUT2D eigenvalue weighted by Crippen LogP contribution is 2.37. The zero-order chi connectivity index (χ0) is 12.4. The van der Waals surface area contributed by atoms with Crippen molar-refractivity contribution in [1.82, 2.24) is 0 Å². The van der Waals surface area contributed by atoms with Crippen LogP contribution < -0.4 is 0 Å². The lowest BCUT2D eigenvalue weighted by atomic mass is 9.75. The third kappa shape index (κ3) is 4.95. The van der Waals surface area contributed by atoms with E-state index in [2.05, 4.69) is 20.1 Å². The summed E-state index contributed by atoms with van der Waals surface area (Å²) in [6, 6.07) is 0. The molecule has 0 spiro atoms. The zero-order valence-electron chi connectivity index (χ0n) is 11.0. The number of hydrogen-bond acceptors (Lipinski definition) is 2. The van der Waals surface area contributed by atoms with Gasteiger partial charge >= 0.3 is 0 Å². The molecule has 0 atom stereocenters. The second-order valence-corrected chi connectivity index (χ2v) is 4.28. The van der Waals surface area contributed by atoms with Crippen molar-refractivity contribution in [2.75, 3.05) is 14.2 Å². The lowest BCUT2D eigenvalue weighted by molar-refractivity contribution is -0.111. The van der Waals surface area contributed by atoms with E-state index in [0.717, 1.165) is 32.1 Å². The van der Waals surface area contributed by atoms with E-state index in [4.69, 9.17) is 9.47 Å². The van der Waals surface area contributed by atoms with E-state index < -0.39 is 0 Å². The Morgan fingerprint density at radius 1 is 1.12 bits per heavy atom. The Hall–Kier alpha value is -0.600. The van der Waals surface area contributed by atoms with Gasteiger partial charge in [0.15, 0.2) is 6.29 Å². The largest absolute Gasteiger partial charge is 0.356 e. The van der Waals surface area contributed by atoms with Gasteiger partial charge in [0, 0.05) is 14.2 Å². The zero-order valence-corrected chi connectivity index (χ0v) is 11.0. The van der Waals surface area contributed by atoms with Crippen molar-refractivity contribution in [3.63, 3.8) is 0 Å². The van der Waals surface area contributed by atoms with Crippen LogP contribution in [0, 0.1) is 5.41 Å². The Kier molecular flexibility index (Phi) is 8.22.